The number of nitrogens with zero attached hydrogens (tertiary/aromatic N) is 2. The largest absolute Gasteiger partial charge is 0.449 e. The second-order valence-corrected chi connectivity index (χ2v) is 6.88. The number of carbonyl (C=O) groups is 2. The van der Waals surface area contributed by atoms with Gasteiger partial charge in [0.15, 0.2) is 6.10 Å². The molecule has 0 fully saturated rings. The van der Waals surface area contributed by atoms with Crippen molar-refractivity contribution in [2.24, 2.45) is 0 Å². The lowest BCUT2D eigenvalue weighted by atomic mass is 10.1. The summed E-state index contributed by atoms with van der Waals surface area (Å²) in [6.07, 6.45) is -0.0289. The van der Waals surface area contributed by atoms with Gasteiger partial charge in [0.1, 0.15) is 0 Å². The monoisotopic (exact) mass is 352 g/mol. The van der Waals surface area contributed by atoms with Gasteiger partial charge < -0.3 is 14.5 Å². The average Bonchev–Trinajstić information content (AvgIpc) is 2.96. The van der Waals surface area contributed by atoms with Crippen LogP contribution in [-0.2, 0) is 16.0 Å². The predicted molar refractivity (Wildman–Crippen MR) is 103 cm³/mol. The van der Waals surface area contributed by atoms with Crippen LogP contribution in [-0.4, -0.2) is 38.1 Å². The van der Waals surface area contributed by atoms with E-state index in [0.29, 0.717) is 5.56 Å². The summed E-state index contributed by atoms with van der Waals surface area (Å²) in [6.45, 7) is 3.63. The number of anilines is 2. The number of hydrogen-bond acceptors (Lipinski definition) is 4. The predicted octanol–water partition coefficient (Wildman–Crippen LogP) is 3.28. The van der Waals surface area contributed by atoms with E-state index in [-0.39, 0.29) is 11.9 Å². The fourth-order valence-corrected chi connectivity index (χ4v) is 3.27. The Balaban J connectivity index is 1.70. The van der Waals surface area contributed by atoms with Crippen molar-refractivity contribution in [1.82, 2.24) is 0 Å². The van der Waals surface area contributed by atoms with Gasteiger partial charge in [-0.15, -0.1) is 0 Å². The van der Waals surface area contributed by atoms with E-state index in [1.165, 1.54) is 0 Å². The molecule has 2 aromatic rings. The summed E-state index contributed by atoms with van der Waals surface area (Å²) in [5.41, 5.74) is 3.48. The van der Waals surface area contributed by atoms with Crippen LogP contribution in [0.2, 0.25) is 0 Å². The average molecular weight is 352 g/mol. The first-order valence-electron chi connectivity index (χ1n) is 8.78. The van der Waals surface area contributed by atoms with Gasteiger partial charge in [-0.25, -0.2) is 4.79 Å². The van der Waals surface area contributed by atoms with Crippen molar-refractivity contribution in [3.8, 4) is 0 Å². The van der Waals surface area contributed by atoms with Crippen molar-refractivity contribution in [1.29, 1.82) is 0 Å². The van der Waals surface area contributed by atoms with E-state index >= 15 is 0 Å². The molecular weight excluding hydrogens is 328 g/mol. The van der Waals surface area contributed by atoms with Crippen molar-refractivity contribution in [3.63, 3.8) is 0 Å². The minimum Gasteiger partial charge on any atom is -0.449 e. The van der Waals surface area contributed by atoms with Gasteiger partial charge in [-0.3, -0.25) is 4.79 Å². The zero-order valence-electron chi connectivity index (χ0n) is 15.6. The molecule has 2 aromatic carbocycles. The minimum absolute atomic E-state index is 0.0560. The molecular formula is C21H24N2O3. The lowest BCUT2D eigenvalue weighted by Crippen LogP contribution is -2.43. The second kappa shape index (κ2) is 7.20. The third-order valence-corrected chi connectivity index (χ3v) is 4.70. The lowest BCUT2D eigenvalue weighted by Gasteiger charge is -2.26. The Morgan fingerprint density at radius 2 is 1.77 bits per heavy atom. The molecule has 0 aliphatic carbocycles. The third-order valence-electron chi connectivity index (χ3n) is 4.70. The van der Waals surface area contributed by atoms with Gasteiger partial charge in [0.25, 0.3) is 5.91 Å². The first-order chi connectivity index (χ1) is 12.4. The van der Waals surface area contributed by atoms with Crippen LogP contribution in [0.3, 0.4) is 0 Å². The SMILES string of the molecule is C[C@H](OC(=O)c1ccc(N(C)C)cc1)C(=O)N1c2ccccc2C[C@@H]1C. The zero-order chi connectivity index (χ0) is 18.8. The molecule has 0 radical (unpaired) electrons. The number of rotatable bonds is 4. The topological polar surface area (TPSA) is 49.9 Å². The Bertz CT molecular complexity index is 814. The molecule has 0 saturated carbocycles. The van der Waals surface area contributed by atoms with E-state index in [4.69, 9.17) is 4.74 Å². The first kappa shape index (κ1) is 18.0. The highest BCUT2D eigenvalue weighted by molar-refractivity contribution is 6.01. The summed E-state index contributed by atoms with van der Waals surface area (Å²) in [4.78, 5) is 28.9. The smallest absolute Gasteiger partial charge is 0.338 e. The number of para-hydroxylation sites is 1. The van der Waals surface area contributed by atoms with Gasteiger partial charge in [0, 0.05) is 31.5 Å². The maximum absolute atomic E-state index is 12.9. The van der Waals surface area contributed by atoms with Gasteiger partial charge in [-0.05, 0) is 56.2 Å². The van der Waals surface area contributed by atoms with Gasteiger partial charge >= 0.3 is 5.97 Å². The Kier molecular flexibility index (Phi) is 4.98. The standard InChI is InChI=1S/C21H24N2O3/c1-14-13-17-7-5-6-8-19(17)23(14)20(24)15(2)26-21(25)16-9-11-18(12-10-16)22(3)4/h5-12,14-15H,13H2,1-4H3/t14-,15-/m0/s1. The van der Waals surface area contributed by atoms with Gasteiger partial charge in [0.05, 0.1) is 5.56 Å². The Morgan fingerprint density at radius 3 is 2.42 bits per heavy atom. The summed E-state index contributed by atoms with van der Waals surface area (Å²) >= 11 is 0. The molecule has 2 atom stereocenters. The van der Waals surface area contributed by atoms with Crippen molar-refractivity contribution in [2.45, 2.75) is 32.4 Å². The molecule has 5 nitrogen and oxygen atoms in total. The number of fused-ring (bicyclic) bond motifs is 1. The van der Waals surface area contributed by atoms with Gasteiger partial charge in [0.2, 0.25) is 0 Å². The van der Waals surface area contributed by atoms with E-state index in [9.17, 15) is 9.59 Å². The highest BCUT2D eigenvalue weighted by Gasteiger charge is 2.34. The molecule has 1 heterocycles. The van der Waals surface area contributed by atoms with E-state index in [2.05, 4.69) is 0 Å². The number of amides is 1. The summed E-state index contributed by atoms with van der Waals surface area (Å²) in [6, 6.07) is 15.0. The molecule has 0 unspecified atom stereocenters. The van der Waals surface area contributed by atoms with E-state index < -0.39 is 12.1 Å². The van der Waals surface area contributed by atoms with E-state index in [1.54, 1.807) is 24.0 Å². The van der Waals surface area contributed by atoms with Crippen molar-refractivity contribution in [2.75, 3.05) is 23.9 Å². The number of hydrogen-bond donors (Lipinski definition) is 0. The Morgan fingerprint density at radius 1 is 1.12 bits per heavy atom. The molecule has 0 bridgehead atoms. The summed E-state index contributed by atoms with van der Waals surface area (Å²) in [7, 11) is 3.87. The molecule has 3 rings (SSSR count). The van der Waals surface area contributed by atoms with Crippen LogP contribution in [0, 0.1) is 0 Å². The summed E-state index contributed by atoms with van der Waals surface area (Å²) in [5.74, 6) is -0.683. The van der Waals surface area contributed by atoms with Crippen LogP contribution in [0.4, 0.5) is 11.4 Å². The molecule has 136 valence electrons. The molecule has 0 saturated heterocycles. The van der Waals surface area contributed by atoms with Gasteiger partial charge in [-0.2, -0.15) is 0 Å². The van der Waals surface area contributed by atoms with Crippen molar-refractivity contribution < 1.29 is 14.3 Å². The van der Waals surface area contributed by atoms with Crippen LogP contribution < -0.4 is 9.80 Å². The number of esters is 1. The molecule has 0 spiro atoms. The van der Waals surface area contributed by atoms with Gasteiger partial charge in [-0.1, -0.05) is 18.2 Å². The fourth-order valence-electron chi connectivity index (χ4n) is 3.27. The molecule has 1 aliphatic rings. The number of benzene rings is 2. The fraction of sp³-hybridized carbons (Fsp3) is 0.333. The molecule has 1 amide bonds. The molecule has 1 aliphatic heterocycles. The van der Waals surface area contributed by atoms with Crippen LogP contribution in [0.5, 0.6) is 0 Å². The number of ether oxygens (including phenoxy) is 1. The quantitative estimate of drug-likeness (QED) is 0.793. The normalized spacial score (nSPS) is 16.8. The van der Waals surface area contributed by atoms with E-state index in [0.717, 1.165) is 23.4 Å². The van der Waals surface area contributed by atoms with Crippen LogP contribution in [0.1, 0.15) is 29.8 Å². The second-order valence-electron chi connectivity index (χ2n) is 6.88. The number of carbonyl (C=O) groups excluding carboxylic acids is 2. The Labute approximate surface area is 154 Å². The first-order valence-corrected chi connectivity index (χ1v) is 8.78. The minimum atomic E-state index is -0.843. The summed E-state index contributed by atoms with van der Waals surface area (Å²) in [5, 5.41) is 0. The highest BCUT2D eigenvalue weighted by Crippen LogP contribution is 2.32. The van der Waals surface area contributed by atoms with Crippen LogP contribution >= 0.6 is 0 Å². The zero-order valence-corrected chi connectivity index (χ0v) is 15.6. The molecule has 0 aromatic heterocycles. The van der Waals surface area contributed by atoms with Crippen molar-refractivity contribution >= 4 is 23.3 Å². The Hall–Kier alpha value is -2.82. The summed E-state index contributed by atoms with van der Waals surface area (Å²) < 4.78 is 5.43. The third kappa shape index (κ3) is 3.43. The maximum atomic E-state index is 12.9. The molecule has 26 heavy (non-hydrogen) atoms. The highest BCUT2D eigenvalue weighted by atomic mass is 16.5. The maximum Gasteiger partial charge on any atom is 0.338 e. The van der Waals surface area contributed by atoms with E-state index in [1.807, 2.05) is 62.3 Å². The molecule has 5 heteroatoms. The lowest BCUT2D eigenvalue weighted by molar-refractivity contribution is -0.126. The van der Waals surface area contributed by atoms with Crippen LogP contribution in [0.25, 0.3) is 0 Å². The molecule has 0 N–H and O–H groups in total. The van der Waals surface area contributed by atoms with Crippen LogP contribution in [0.15, 0.2) is 48.5 Å². The van der Waals surface area contributed by atoms with Crippen molar-refractivity contribution in [3.05, 3.63) is 59.7 Å².